The molecule has 6 heteroatoms. The quantitative estimate of drug-likeness (QED) is 0.822. The minimum atomic E-state index is -1.11. The summed E-state index contributed by atoms with van der Waals surface area (Å²) >= 11 is 0. The van der Waals surface area contributed by atoms with Crippen molar-refractivity contribution < 1.29 is 24.5 Å². The van der Waals surface area contributed by atoms with E-state index in [0.29, 0.717) is 11.3 Å². The number of benzene rings is 2. The van der Waals surface area contributed by atoms with E-state index in [1.807, 2.05) is 6.07 Å². The molecule has 0 bridgehead atoms. The number of likely N-dealkylation sites (tertiary alicyclic amines) is 1. The van der Waals surface area contributed by atoms with Crippen molar-refractivity contribution in [3.8, 4) is 11.5 Å². The Morgan fingerprint density at radius 2 is 1.74 bits per heavy atom. The average Bonchev–Trinajstić information content (AvgIpc) is 2.55. The van der Waals surface area contributed by atoms with Crippen LogP contribution in [0.25, 0.3) is 0 Å². The molecule has 0 aliphatic carbocycles. The molecule has 118 valence electrons. The van der Waals surface area contributed by atoms with Gasteiger partial charge in [0.15, 0.2) is 0 Å². The highest BCUT2D eigenvalue weighted by Gasteiger charge is 2.51. The predicted molar refractivity (Wildman–Crippen MR) is 81.1 cm³/mol. The Kier molecular flexibility index (Phi) is 3.89. The van der Waals surface area contributed by atoms with Gasteiger partial charge in [0.1, 0.15) is 24.1 Å². The van der Waals surface area contributed by atoms with Crippen LogP contribution in [0.4, 0.5) is 0 Å². The Bertz CT molecular complexity index is 731. The maximum atomic E-state index is 12.3. The van der Waals surface area contributed by atoms with Crippen molar-refractivity contribution in [1.82, 2.24) is 4.90 Å². The molecular weight excluding hydrogens is 298 g/mol. The predicted octanol–water partition coefficient (Wildman–Crippen LogP) is 1.81. The zero-order valence-electron chi connectivity index (χ0n) is 12.1. The Labute approximate surface area is 132 Å². The number of phenols is 1. The average molecular weight is 313 g/mol. The summed E-state index contributed by atoms with van der Waals surface area (Å²) in [6, 6.07) is 14.7. The van der Waals surface area contributed by atoms with Gasteiger partial charge in [-0.25, -0.2) is 0 Å². The minimum Gasteiger partial charge on any atom is -0.508 e. The van der Waals surface area contributed by atoms with Crippen LogP contribution in [-0.4, -0.2) is 39.6 Å². The Morgan fingerprint density at radius 1 is 1.09 bits per heavy atom. The van der Waals surface area contributed by atoms with Gasteiger partial charge in [0.2, 0.25) is 6.10 Å². The van der Waals surface area contributed by atoms with E-state index >= 15 is 0 Å². The second-order valence-electron chi connectivity index (χ2n) is 5.22. The number of carbonyl (C=O) groups is 2. The highest BCUT2D eigenvalue weighted by Crippen LogP contribution is 2.40. The molecule has 23 heavy (non-hydrogen) atoms. The third-order valence-electron chi connectivity index (χ3n) is 3.72. The van der Waals surface area contributed by atoms with E-state index in [9.17, 15) is 14.7 Å². The lowest BCUT2D eigenvalue weighted by Crippen LogP contribution is -2.62. The first-order chi connectivity index (χ1) is 11.1. The number of β-lactam (4-membered cyclic amide) rings is 1. The van der Waals surface area contributed by atoms with Gasteiger partial charge in [-0.1, -0.05) is 36.4 Å². The zero-order chi connectivity index (χ0) is 16.4. The lowest BCUT2D eigenvalue weighted by molar-refractivity contribution is -0.169. The second kappa shape index (κ2) is 6.00. The summed E-state index contributed by atoms with van der Waals surface area (Å²) in [6.45, 7) is -0.438. The van der Waals surface area contributed by atoms with Crippen LogP contribution < -0.4 is 4.74 Å². The minimum absolute atomic E-state index is 0.00190. The fraction of sp³-hybridized carbons (Fsp3) is 0.176. The molecule has 0 saturated carbocycles. The highest BCUT2D eigenvalue weighted by atomic mass is 16.5. The normalized spacial score (nSPS) is 20.0. The van der Waals surface area contributed by atoms with Crippen molar-refractivity contribution in [3.05, 3.63) is 60.2 Å². The van der Waals surface area contributed by atoms with Crippen LogP contribution in [-0.2, 0) is 9.59 Å². The third-order valence-corrected chi connectivity index (χ3v) is 3.72. The summed E-state index contributed by atoms with van der Waals surface area (Å²) in [6.07, 6.45) is -0.856. The number of carboxylic acid groups (broad SMARTS) is 1. The van der Waals surface area contributed by atoms with Crippen LogP contribution in [0.15, 0.2) is 54.6 Å². The van der Waals surface area contributed by atoms with Gasteiger partial charge in [-0.2, -0.15) is 0 Å². The number of carboxylic acids is 1. The van der Waals surface area contributed by atoms with Gasteiger partial charge in [-0.05, 0) is 18.2 Å². The fourth-order valence-electron chi connectivity index (χ4n) is 2.67. The zero-order valence-corrected chi connectivity index (χ0v) is 12.1. The van der Waals surface area contributed by atoms with Gasteiger partial charge in [0.25, 0.3) is 5.91 Å². The van der Waals surface area contributed by atoms with Crippen LogP contribution in [0.5, 0.6) is 11.5 Å². The number of aromatic hydroxyl groups is 1. The van der Waals surface area contributed by atoms with Crippen LogP contribution in [0.2, 0.25) is 0 Å². The summed E-state index contributed by atoms with van der Waals surface area (Å²) in [5, 5.41) is 19.0. The monoisotopic (exact) mass is 313 g/mol. The SMILES string of the molecule is O=C(O)CN1C(=O)[C@H](Oc2ccccc2)[C@@H]1c1ccccc1O. The molecule has 0 unspecified atom stereocenters. The van der Waals surface area contributed by atoms with E-state index < -0.39 is 30.6 Å². The molecular formula is C17H15NO5. The first-order valence-electron chi connectivity index (χ1n) is 7.10. The summed E-state index contributed by atoms with van der Waals surface area (Å²) in [4.78, 5) is 24.4. The molecule has 3 rings (SSSR count). The van der Waals surface area contributed by atoms with E-state index in [1.54, 1.807) is 42.5 Å². The molecule has 2 atom stereocenters. The lowest BCUT2D eigenvalue weighted by atomic mass is 9.90. The first kappa shape index (κ1) is 14.9. The Balaban J connectivity index is 1.90. The molecule has 1 heterocycles. The van der Waals surface area contributed by atoms with Gasteiger partial charge < -0.3 is 19.8 Å². The first-order valence-corrected chi connectivity index (χ1v) is 7.10. The van der Waals surface area contributed by atoms with Crippen molar-refractivity contribution in [3.63, 3.8) is 0 Å². The van der Waals surface area contributed by atoms with E-state index in [-0.39, 0.29) is 5.75 Å². The molecule has 1 saturated heterocycles. The van der Waals surface area contributed by atoms with Crippen molar-refractivity contribution in [2.24, 2.45) is 0 Å². The molecule has 2 N–H and O–H groups in total. The topological polar surface area (TPSA) is 87.1 Å². The second-order valence-corrected chi connectivity index (χ2v) is 5.22. The van der Waals surface area contributed by atoms with Crippen molar-refractivity contribution in [2.75, 3.05) is 6.54 Å². The van der Waals surface area contributed by atoms with Crippen molar-refractivity contribution in [2.45, 2.75) is 12.1 Å². The van der Waals surface area contributed by atoms with Crippen LogP contribution in [0.3, 0.4) is 0 Å². The van der Waals surface area contributed by atoms with Crippen LogP contribution in [0.1, 0.15) is 11.6 Å². The van der Waals surface area contributed by atoms with Gasteiger partial charge in [-0.3, -0.25) is 9.59 Å². The lowest BCUT2D eigenvalue weighted by Gasteiger charge is -2.46. The van der Waals surface area contributed by atoms with Crippen LogP contribution in [0, 0.1) is 0 Å². The van der Waals surface area contributed by atoms with E-state index in [0.717, 1.165) is 0 Å². The third kappa shape index (κ3) is 2.83. The molecule has 0 radical (unpaired) electrons. The smallest absolute Gasteiger partial charge is 0.323 e. The number of carbonyl (C=O) groups excluding carboxylic acids is 1. The number of ether oxygens (including phenoxy) is 1. The number of amides is 1. The molecule has 6 nitrogen and oxygen atoms in total. The number of nitrogens with zero attached hydrogens (tertiary/aromatic N) is 1. The Hall–Kier alpha value is -3.02. The van der Waals surface area contributed by atoms with Crippen molar-refractivity contribution >= 4 is 11.9 Å². The summed E-state index contributed by atoms with van der Waals surface area (Å²) in [7, 11) is 0. The van der Waals surface area contributed by atoms with E-state index in [4.69, 9.17) is 9.84 Å². The molecule has 0 aromatic heterocycles. The molecule has 1 fully saturated rings. The largest absolute Gasteiger partial charge is 0.508 e. The number of hydrogen-bond acceptors (Lipinski definition) is 4. The number of aliphatic carboxylic acids is 1. The maximum absolute atomic E-state index is 12.3. The number of para-hydroxylation sites is 2. The van der Waals surface area contributed by atoms with E-state index in [1.165, 1.54) is 11.0 Å². The fourth-order valence-corrected chi connectivity index (χ4v) is 2.67. The maximum Gasteiger partial charge on any atom is 0.323 e. The van der Waals surface area contributed by atoms with Crippen LogP contribution >= 0.6 is 0 Å². The summed E-state index contributed by atoms with van der Waals surface area (Å²) in [5.74, 6) is -1.01. The molecule has 1 aliphatic rings. The summed E-state index contributed by atoms with van der Waals surface area (Å²) in [5.41, 5.74) is 0.467. The molecule has 0 spiro atoms. The number of phenolic OH excluding ortho intramolecular Hbond substituents is 1. The van der Waals surface area contributed by atoms with Gasteiger partial charge in [0.05, 0.1) is 0 Å². The summed E-state index contributed by atoms with van der Waals surface area (Å²) < 4.78 is 5.70. The molecule has 2 aromatic rings. The number of rotatable bonds is 5. The Morgan fingerprint density at radius 3 is 2.39 bits per heavy atom. The molecule has 2 aromatic carbocycles. The molecule has 1 aliphatic heterocycles. The van der Waals surface area contributed by atoms with Gasteiger partial charge in [-0.15, -0.1) is 0 Å². The van der Waals surface area contributed by atoms with E-state index in [2.05, 4.69) is 0 Å². The van der Waals surface area contributed by atoms with Gasteiger partial charge in [0, 0.05) is 5.56 Å². The van der Waals surface area contributed by atoms with Crippen molar-refractivity contribution in [1.29, 1.82) is 0 Å². The van der Waals surface area contributed by atoms with Gasteiger partial charge >= 0.3 is 5.97 Å². The number of hydrogen-bond donors (Lipinski definition) is 2. The highest BCUT2D eigenvalue weighted by molar-refractivity contribution is 5.92. The molecule has 1 amide bonds. The standard InChI is InChI=1S/C17H15NO5/c19-13-9-5-4-8-12(13)15-16(17(22)18(15)10-14(20)21)23-11-6-2-1-3-7-11/h1-9,15-16,19H,10H2,(H,20,21)/t15-,16+/m0/s1.